The Kier molecular flexibility index (Phi) is 4.85. The van der Waals surface area contributed by atoms with Crippen LogP contribution in [0.5, 0.6) is 5.75 Å². The van der Waals surface area contributed by atoms with Crippen LogP contribution in [-0.4, -0.2) is 16.5 Å². The zero-order valence-electron chi connectivity index (χ0n) is 8.64. The highest BCUT2D eigenvalue weighted by Gasteiger charge is 2.34. The van der Waals surface area contributed by atoms with Crippen molar-refractivity contribution in [3.63, 3.8) is 0 Å². The predicted molar refractivity (Wildman–Crippen MR) is 54.4 cm³/mol. The number of pyridine rings is 1. The lowest BCUT2D eigenvalue weighted by atomic mass is 10.1. The molecule has 0 aliphatic heterocycles. The number of hydrogen-bond acceptors (Lipinski definition) is 3. The van der Waals surface area contributed by atoms with Gasteiger partial charge in [-0.25, -0.2) is 8.78 Å². The Balaban J connectivity index is 3.37. The van der Waals surface area contributed by atoms with Crippen LogP contribution in [0.2, 0.25) is 0 Å². The number of rotatable bonds is 4. The number of hydrogen-bond donors (Lipinski definition) is 1. The van der Waals surface area contributed by atoms with Crippen LogP contribution in [0.4, 0.5) is 22.0 Å². The molecule has 0 aliphatic carbocycles. The smallest absolute Gasteiger partial charge is 0.403 e. The average molecular weight is 336 g/mol. The van der Waals surface area contributed by atoms with Crippen LogP contribution >= 0.6 is 15.9 Å². The fourth-order valence-corrected chi connectivity index (χ4v) is 1.67. The fourth-order valence-electron chi connectivity index (χ4n) is 1.27. The normalized spacial score (nSPS) is 12.0. The number of aliphatic hydroxyl groups is 1. The molecule has 18 heavy (non-hydrogen) atoms. The Hall–Kier alpha value is -0.960. The third-order valence-electron chi connectivity index (χ3n) is 1.98. The number of aliphatic hydroxyl groups excluding tert-OH is 1. The van der Waals surface area contributed by atoms with Crippen molar-refractivity contribution in [2.24, 2.45) is 0 Å². The van der Waals surface area contributed by atoms with E-state index >= 15 is 0 Å². The molecule has 1 aromatic rings. The first-order valence-electron chi connectivity index (χ1n) is 4.51. The summed E-state index contributed by atoms with van der Waals surface area (Å²) in [7, 11) is 0. The van der Waals surface area contributed by atoms with Crippen molar-refractivity contribution in [3.05, 3.63) is 23.0 Å². The van der Waals surface area contributed by atoms with Gasteiger partial charge >= 0.3 is 6.36 Å². The number of aromatic nitrogens is 1. The first-order chi connectivity index (χ1) is 8.30. The van der Waals surface area contributed by atoms with E-state index in [2.05, 4.69) is 25.7 Å². The van der Waals surface area contributed by atoms with Gasteiger partial charge in [-0.05, 0) is 0 Å². The molecule has 0 aliphatic rings. The van der Waals surface area contributed by atoms with Crippen molar-refractivity contribution in [1.82, 2.24) is 4.98 Å². The molecule has 0 amide bonds. The quantitative estimate of drug-likeness (QED) is 0.678. The zero-order chi connectivity index (χ0) is 13.9. The molecule has 0 saturated heterocycles. The average Bonchev–Trinajstić information content (AvgIpc) is 2.26. The first kappa shape index (κ1) is 15.1. The van der Waals surface area contributed by atoms with Gasteiger partial charge in [0.1, 0.15) is 0 Å². The molecule has 1 aromatic heterocycles. The second-order valence-electron chi connectivity index (χ2n) is 3.11. The van der Waals surface area contributed by atoms with Crippen LogP contribution in [-0.2, 0) is 11.9 Å². The number of halogens is 6. The first-order valence-corrected chi connectivity index (χ1v) is 5.63. The summed E-state index contributed by atoms with van der Waals surface area (Å²) in [5, 5.41) is 8.81. The molecule has 1 heterocycles. The van der Waals surface area contributed by atoms with E-state index in [0.29, 0.717) is 0 Å². The molecule has 0 unspecified atom stereocenters. The summed E-state index contributed by atoms with van der Waals surface area (Å²) in [4.78, 5) is 3.45. The maximum absolute atomic E-state index is 12.6. The Bertz CT molecular complexity index is 424. The van der Waals surface area contributed by atoms with Crippen molar-refractivity contribution < 1.29 is 31.8 Å². The number of nitrogens with zero attached hydrogens (tertiary/aromatic N) is 1. The molecule has 0 radical (unpaired) electrons. The molecule has 0 aromatic carbocycles. The minimum atomic E-state index is -5.05. The van der Waals surface area contributed by atoms with E-state index in [4.69, 9.17) is 5.11 Å². The Morgan fingerprint density at radius 2 is 2.00 bits per heavy atom. The van der Waals surface area contributed by atoms with Gasteiger partial charge in [-0.15, -0.1) is 13.2 Å². The summed E-state index contributed by atoms with van der Waals surface area (Å²) >= 11 is 2.86. The molecule has 9 heteroatoms. The topological polar surface area (TPSA) is 42.4 Å². The van der Waals surface area contributed by atoms with E-state index in [0.717, 1.165) is 6.20 Å². The van der Waals surface area contributed by atoms with Crippen LogP contribution in [0.3, 0.4) is 0 Å². The van der Waals surface area contributed by atoms with Gasteiger partial charge in [0, 0.05) is 22.7 Å². The molecular formula is C9H7BrF5NO2. The standard InChI is InChI=1S/C9H7BrF5NO2/c10-1-6-7(18-9(13,14)15)5(3-17)4(2-16-6)8(11)12/h2,8,17H,1,3H2. The number of ether oxygens (including phenoxy) is 1. The highest BCUT2D eigenvalue weighted by molar-refractivity contribution is 9.08. The molecule has 0 atom stereocenters. The third kappa shape index (κ3) is 3.52. The van der Waals surface area contributed by atoms with E-state index in [-0.39, 0.29) is 11.0 Å². The minimum absolute atomic E-state index is 0.130. The molecule has 0 fully saturated rings. The van der Waals surface area contributed by atoms with Crippen LogP contribution in [0, 0.1) is 0 Å². The summed E-state index contributed by atoms with van der Waals surface area (Å²) in [6, 6.07) is 0. The lowest BCUT2D eigenvalue weighted by molar-refractivity contribution is -0.275. The molecule has 0 spiro atoms. The van der Waals surface area contributed by atoms with E-state index in [1.165, 1.54) is 0 Å². The van der Waals surface area contributed by atoms with Gasteiger partial charge in [-0.1, -0.05) is 15.9 Å². The lowest BCUT2D eigenvalue weighted by Gasteiger charge is -2.17. The van der Waals surface area contributed by atoms with Crippen molar-refractivity contribution >= 4 is 15.9 Å². The molecular weight excluding hydrogens is 329 g/mol. The van der Waals surface area contributed by atoms with Crippen LogP contribution in [0.15, 0.2) is 6.20 Å². The number of alkyl halides is 6. The lowest BCUT2D eigenvalue weighted by Crippen LogP contribution is -2.20. The molecule has 1 rings (SSSR count). The Morgan fingerprint density at radius 1 is 1.39 bits per heavy atom. The van der Waals surface area contributed by atoms with Crippen molar-refractivity contribution in [2.75, 3.05) is 0 Å². The predicted octanol–water partition coefficient (Wildman–Crippen LogP) is 3.31. The second-order valence-corrected chi connectivity index (χ2v) is 3.67. The van der Waals surface area contributed by atoms with Gasteiger partial charge in [0.05, 0.1) is 12.3 Å². The van der Waals surface area contributed by atoms with E-state index < -0.39 is 36.3 Å². The highest BCUT2D eigenvalue weighted by Crippen LogP contribution is 2.35. The summed E-state index contributed by atoms with van der Waals surface area (Å²) in [5.41, 5.74) is -1.63. The molecule has 0 saturated carbocycles. The van der Waals surface area contributed by atoms with Gasteiger partial charge in [0.2, 0.25) is 0 Å². The van der Waals surface area contributed by atoms with Gasteiger partial charge in [-0.2, -0.15) is 0 Å². The van der Waals surface area contributed by atoms with Crippen LogP contribution < -0.4 is 4.74 Å². The molecule has 0 bridgehead atoms. The van der Waals surface area contributed by atoms with Gasteiger partial charge in [-0.3, -0.25) is 4.98 Å². The van der Waals surface area contributed by atoms with Crippen LogP contribution in [0.1, 0.15) is 23.2 Å². The van der Waals surface area contributed by atoms with Gasteiger partial charge in [0.15, 0.2) is 5.75 Å². The van der Waals surface area contributed by atoms with Crippen LogP contribution in [0.25, 0.3) is 0 Å². The van der Waals surface area contributed by atoms with Gasteiger partial charge < -0.3 is 9.84 Å². The SMILES string of the molecule is OCc1c(C(F)F)cnc(CBr)c1OC(F)(F)F. The minimum Gasteiger partial charge on any atom is -0.403 e. The summed E-state index contributed by atoms with van der Waals surface area (Å²) < 4.78 is 65.3. The summed E-state index contributed by atoms with van der Waals surface area (Å²) in [5.74, 6) is -0.889. The maximum Gasteiger partial charge on any atom is 0.573 e. The van der Waals surface area contributed by atoms with E-state index in [9.17, 15) is 22.0 Å². The zero-order valence-corrected chi connectivity index (χ0v) is 10.2. The van der Waals surface area contributed by atoms with Crippen molar-refractivity contribution in [2.45, 2.75) is 24.7 Å². The van der Waals surface area contributed by atoms with Gasteiger partial charge in [0.25, 0.3) is 6.43 Å². The second kappa shape index (κ2) is 5.79. The molecule has 102 valence electrons. The van der Waals surface area contributed by atoms with Crippen molar-refractivity contribution in [3.8, 4) is 5.75 Å². The largest absolute Gasteiger partial charge is 0.573 e. The highest BCUT2D eigenvalue weighted by atomic mass is 79.9. The van der Waals surface area contributed by atoms with E-state index in [1.54, 1.807) is 0 Å². The maximum atomic E-state index is 12.6. The monoisotopic (exact) mass is 335 g/mol. The fraction of sp³-hybridized carbons (Fsp3) is 0.444. The van der Waals surface area contributed by atoms with Crippen molar-refractivity contribution in [1.29, 1.82) is 0 Å². The molecule has 3 nitrogen and oxygen atoms in total. The Labute approximate surface area is 107 Å². The van der Waals surface area contributed by atoms with E-state index in [1.807, 2.05) is 0 Å². The summed E-state index contributed by atoms with van der Waals surface area (Å²) in [6.07, 6.45) is -7.39. The third-order valence-corrected chi connectivity index (χ3v) is 2.51. The Morgan fingerprint density at radius 3 is 2.39 bits per heavy atom. The summed E-state index contributed by atoms with van der Waals surface area (Å²) in [6.45, 7) is -1.01. The molecule has 1 N–H and O–H groups in total.